The highest BCUT2D eigenvalue weighted by atomic mass is 16.3. The summed E-state index contributed by atoms with van der Waals surface area (Å²) in [6.45, 7) is 0. The van der Waals surface area contributed by atoms with Crippen LogP contribution in [0.15, 0.2) is 332 Å². The van der Waals surface area contributed by atoms with Gasteiger partial charge < -0.3 is 22.7 Å². The van der Waals surface area contributed by atoms with Crippen LogP contribution in [0, 0.1) is 11.3 Å². The second-order valence-corrected chi connectivity index (χ2v) is 25.1. The molecule has 14 aromatic carbocycles. The number of hydrogen-bond donors (Lipinski definition) is 0. The van der Waals surface area contributed by atoms with Crippen LogP contribution in [-0.2, 0) is 0 Å². The second kappa shape index (κ2) is 21.4. The molecule has 0 bridgehead atoms. The molecule has 0 N–H and O–H groups in total. The number of benzene rings is 14. The molecule has 0 amide bonds. The van der Waals surface area contributed by atoms with Crippen molar-refractivity contribution in [1.82, 2.24) is 23.3 Å². The van der Waals surface area contributed by atoms with Crippen LogP contribution in [0.2, 0.25) is 0 Å². The molecule has 0 unspecified atom stereocenters. The van der Waals surface area contributed by atoms with Gasteiger partial charge in [-0.3, -0.25) is 4.98 Å². The van der Waals surface area contributed by atoms with E-state index in [1.54, 1.807) is 0 Å². The quantitative estimate of drug-likeness (QED) is 0.145. The first-order valence-corrected chi connectivity index (χ1v) is 32.9. The Morgan fingerprint density at radius 1 is 0.258 bits per heavy atom. The van der Waals surface area contributed by atoms with Gasteiger partial charge in [0.25, 0.3) is 0 Å². The van der Waals surface area contributed by atoms with Gasteiger partial charge in [0.2, 0.25) is 0 Å². The Morgan fingerprint density at radius 2 is 0.567 bits per heavy atom. The molecule has 7 heteroatoms. The van der Waals surface area contributed by atoms with Crippen LogP contribution >= 0.6 is 0 Å². The Bertz CT molecular complexity index is 6340. The number of para-hydroxylation sites is 4. The van der Waals surface area contributed by atoms with Crippen LogP contribution in [0.4, 0.5) is 0 Å². The van der Waals surface area contributed by atoms with E-state index in [1.165, 1.54) is 0 Å². The van der Waals surface area contributed by atoms with Gasteiger partial charge in [-0.05, 0) is 111 Å². The smallest absolute Gasteiger partial charge is 0.153 e. The van der Waals surface area contributed by atoms with Crippen molar-refractivity contribution in [3.05, 3.63) is 333 Å². The lowest BCUT2D eigenvalue weighted by Gasteiger charge is -2.29. The number of pyridine rings is 1. The third kappa shape index (κ3) is 7.87. The summed E-state index contributed by atoms with van der Waals surface area (Å²) < 4.78 is 16.9. The predicted octanol–water partition coefficient (Wildman–Crippen LogP) is 23.6. The first-order valence-electron chi connectivity index (χ1n) is 32.9. The molecule has 0 atom stereocenters. The van der Waals surface area contributed by atoms with Crippen molar-refractivity contribution in [2.45, 2.75) is 0 Å². The van der Waals surface area contributed by atoms with E-state index in [-0.39, 0.29) is 0 Å². The Kier molecular flexibility index (Phi) is 12.0. The summed E-state index contributed by atoms with van der Waals surface area (Å²) in [6.07, 6.45) is 3.70. The average Bonchev–Trinajstić information content (AvgIpc) is 1.57. The lowest BCUT2D eigenvalue weighted by molar-refractivity contribution is 0.667. The fourth-order valence-electron chi connectivity index (χ4n) is 16.3. The summed E-state index contributed by atoms with van der Waals surface area (Å²) in [6, 6.07) is 117. The van der Waals surface area contributed by atoms with Gasteiger partial charge in [0, 0.05) is 65.6 Å². The van der Waals surface area contributed by atoms with Crippen LogP contribution in [0.5, 0.6) is 0 Å². The highest BCUT2D eigenvalue weighted by Gasteiger charge is 2.37. The minimum Gasteiger partial charge on any atom is -0.454 e. The molecule has 450 valence electrons. The number of nitriles is 1. The first kappa shape index (κ1) is 54.3. The number of aromatic nitrogens is 5. The van der Waals surface area contributed by atoms with E-state index >= 15 is 0 Å². The lowest BCUT2D eigenvalue weighted by atomic mass is 9.91. The Morgan fingerprint density at radius 3 is 0.928 bits per heavy atom. The molecule has 0 aliphatic heterocycles. The number of hydrogen-bond acceptors (Lipinski definition) is 3. The van der Waals surface area contributed by atoms with Crippen molar-refractivity contribution in [3.8, 4) is 84.5 Å². The van der Waals surface area contributed by atoms with E-state index in [0.29, 0.717) is 28.1 Å². The Labute approximate surface area is 556 Å². The molecule has 7 nitrogen and oxygen atoms in total. The lowest BCUT2D eigenvalue weighted by Crippen LogP contribution is -2.16. The van der Waals surface area contributed by atoms with Crippen LogP contribution in [0.3, 0.4) is 0 Å². The minimum absolute atomic E-state index is 0.470. The summed E-state index contributed by atoms with van der Waals surface area (Å²) in [4.78, 5) is 4.68. The largest absolute Gasteiger partial charge is 0.454 e. The van der Waals surface area contributed by atoms with Crippen LogP contribution in [-0.4, -0.2) is 23.3 Å². The maximum atomic E-state index is 13.7. The maximum absolute atomic E-state index is 13.7. The Balaban J connectivity index is 1.13. The molecule has 20 aromatic rings. The van der Waals surface area contributed by atoms with E-state index < -0.39 is 0 Å². The summed E-state index contributed by atoms with van der Waals surface area (Å²) in [7, 11) is 0. The predicted molar refractivity (Wildman–Crippen MR) is 401 cm³/mol. The normalized spacial score (nSPS) is 11.9. The highest BCUT2D eigenvalue weighted by Crippen LogP contribution is 2.55. The van der Waals surface area contributed by atoms with Crippen molar-refractivity contribution < 1.29 is 4.42 Å². The van der Waals surface area contributed by atoms with Gasteiger partial charge in [0.05, 0.1) is 73.1 Å². The van der Waals surface area contributed by atoms with Gasteiger partial charge in [-0.2, -0.15) is 5.26 Å². The van der Waals surface area contributed by atoms with E-state index in [4.69, 9.17) is 4.42 Å². The number of nitrogens with zero attached hydrogens (tertiary/aromatic N) is 6. The number of furan rings is 1. The van der Waals surface area contributed by atoms with Gasteiger partial charge >= 0.3 is 0 Å². The fourth-order valence-corrected chi connectivity index (χ4v) is 16.3. The molecular formula is C90H54N6O. The fraction of sp³-hybridized carbons (Fsp3) is 0. The standard InChI is InChI=1S/C90H54N6O/c91-54-70-87(93-71-43-17-13-34-64(71)81-60(38-21-47-75(81)93)56-26-5-1-6-27-56)89(95-73-45-19-15-36-66(73)83-62(40-23-49-77(83)95)58-30-9-3-10-31-58)86(69-42-25-51-79-85(69)68-52-53-92-55-80(68)97-79)90(96-74-46-20-16-37-67(74)84-63(41-24-50-78(84)96)59-32-11-4-12-33-59)88(70)94-72-44-18-14-35-65(72)82-61(39-22-48-76(82)94)57-28-7-2-8-29-57/h1-53,55H. The van der Waals surface area contributed by atoms with E-state index in [0.717, 1.165) is 165 Å². The summed E-state index contributed by atoms with van der Waals surface area (Å²) >= 11 is 0. The summed E-state index contributed by atoms with van der Waals surface area (Å²) in [5.41, 5.74) is 23.2. The molecule has 0 saturated heterocycles. The molecule has 0 radical (unpaired) electrons. The SMILES string of the molecule is N#Cc1c(-n2c3ccccc3c3c(-c4ccccc4)cccc32)c(-n2c3ccccc3c3c(-c4ccccc4)cccc32)c(-c2cccc3oc4cnccc4c23)c(-n2c3ccccc3c3c(-c4ccccc4)cccc32)c1-n1c2ccccc2c2c(-c3ccccc3)cccc21. The molecule has 0 aliphatic rings. The summed E-state index contributed by atoms with van der Waals surface area (Å²) in [5.74, 6) is 0. The van der Waals surface area contributed by atoms with Crippen molar-refractivity contribution in [2.75, 3.05) is 0 Å². The monoisotopic (exact) mass is 1230 g/mol. The van der Waals surface area contributed by atoms with Gasteiger partial charge in [-0.1, -0.05) is 255 Å². The van der Waals surface area contributed by atoms with Gasteiger partial charge in [-0.15, -0.1) is 0 Å². The van der Waals surface area contributed by atoms with Crippen LogP contribution in [0.1, 0.15) is 5.56 Å². The van der Waals surface area contributed by atoms with Gasteiger partial charge in [0.1, 0.15) is 17.2 Å². The van der Waals surface area contributed by atoms with E-state index in [9.17, 15) is 5.26 Å². The third-order valence-electron chi connectivity index (χ3n) is 20.1. The second-order valence-electron chi connectivity index (χ2n) is 25.1. The molecule has 0 fully saturated rings. The molecule has 6 aromatic heterocycles. The molecule has 20 rings (SSSR count). The molecule has 97 heavy (non-hydrogen) atoms. The topological polar surface area (TPSA) is 69.5 Å². The highest BCUT2D eigenvalue weighted by molar-refractivity contribution is 6.24. The van der Waals surface area contributed by atoms with Crippen molar-refractivity contribution in [3.63, 3.8) is 0 Å². The van der Waals surface area contributed by atoms with Gasteiger partial charge in [-0.25, -0.2) is 0 Å². The third-order valence-corrected chi connectivity index (χ3v) is 20.1. The van der Waals surface area contributed by atoms with E-state index in [2.05, 4.69) is 345 Å². The zero-order valence-corrected chi connectivity index (χ0v) is 52.3. The van der Waals surface area contributed by atoms with Gasteiger partial charge in [0.15, 0.2) is 5.58 Å². The zero-order valence-electron chi connectivity index (χ0n) is 52.3. The maximum Gasteiger partial charge on any atom is 0.153 e. The Hall–Kier alpha value is -13.3. The van der Waals surface area contributed by atoms with Crippen LogP contribution < -0.4 is 0 Å². The molecule has 0 aliphatic carbocycles. The minimum atomic E-state index is 0.470. The molecule has 6 heterocycles. The zero-order chi connectivity index (χ0) is 63.8. The van der Waals surface area contributed by atoms with Crippen molar-refractivity contribution in [2.24, 2.45) is 0 Å². The molecule has 0 saturated carbocycles. The van der Waals surface area contributed by atoms with E-state index in [1.807, 2.05) is 12.4 Å². The van der Waals surface area contributed by atoms with Crippen LogP contribution in [0.25, 0.3) is 188 Å². The summed E-state index contributed by atoms with van der Waals surface area (Å²) in [5, 5.41) is 24.1. The molecular weight excluding hydrogens is 1180 g/mol. The number of fused-ring (bicyclic) bond motifs is 15. The first-order chi connectivity index (χ1) is 48.2. The average molecular weight is 1240 g/mol. The van der Waals surface area contributed by atoms with Crippen molar-refractivity contribution >= 4 is 109 Å². The molecule has 0 spiro atoms. The van der Waals surface area contributed by atoms with Crippen molar-refractivity contribution in [1.29, 1.82) is 5.26 Å². The number of rotatable bonds is 9.